The summed E-state index contributed by atoms with van der Waals surface area (Å²) in [5.74, 6) is 1.64. The minimum atomic E-state index is -0.0261. The highest BCUT2D eigenvalue weighted by Crippen LogP contribution is 2.39. The molecule has 0 aromatic carbocycles. The molecule has 3 heterocycles. The topological polar surface area (TPSA) is 51.7 Å². The van der Waals surface area contributed by atoms with E-state index in [0.29, 0.717) is 11.5 Å². The van der Waals surface area contributed by atoms with E-state index in [9.17, 15) is 4.79 Å². The summed E-state index contributed by atoms with van der Waals surface area (Å²) in [6, 6.07) is 3.78. The van der Waals surface area contributed by atoms with E-state index < -0.39 is 0 Å². The first-order valence-corrected chi connectivity index (χ1v) is 10.6. The Morgan fingerprint density at radius 3 is 2.78 bits per heavy atom. The predicted molar refractivity (Wildman–Crippen MR) is 104 cm³/mol. The van der Waals surface area contributed by atoms with Crippen molar-refractivity contribution in [1.29, 1.82) is 0 Å². The highest BCUT2D eigenvalue weighted by atomic mass is 16.5. The van der Waals surface area contributed by atoms with Gasteiger partial charge in [0.25, 0.3) is 5.91 Å². The molecular formula is C22H32N2O3. The lowest BCUT2D eigenvalue weighted by Crippen LogP contribution is -2.50. The van der Waals surface area contributed by atoms with Crippen molar-refractivity contribution in [2.45, 2.75) is 57.5 Å². The maximum atomic E-state index is 12.7. The summed E-state index contributed by atoms with van der Waals surface area (Å²) in [5.41, 5.74) is 1.60. The van der Waals surface area contributed by atoms with Crippen LogP contribution in [-0.4, -0.2) is 54.3 Å². The summed E-state index contributed by atoms with van der Waals surface area (Å²) in [6.07, 6.45) is 9.70. The van der Waals surface area contributed by atoms with Crippen molar-refractivity contribution in [3.8, 4) is 0 Å². The smallest absolute Gasteiger partial charge is 0.255 e. The highest BCUT2D eigenvalue weighted by Gasteiger charge is 2.41. The number of hydrogen-bond acceptors (Lipinski definition) is 4. The predicted octanol–water partition coefficient (Wildman–Crippen LogP) is 3.61. The second-order valence-electron chi connectivity index (χ2n) is 8.68. The molecule has 0 N–H and O–H groups in total. The van der Waals surface area contributed by atoms with Gasteiger partial charge in [0, 0.05) is 44.8 Å². The van der Waals surface area contributed by atoms with Gasteiger partial charge in [-0.15, -0.1) is 0 Å². The Morgan fingerprint density at radius 1 is 1.26 bits per heavy atom. The van der Waals surface area contributed by atoms with Crippen LogP contribution in [0.1, 0.15) is 61.0 Å². The van der Waals surface area contributed by atoms with E-state index in [-0.39, 0.29) is 11.5 Å². The average Bonchev–Trinajstić information content (AvgIpc) is 3.51. The molecule has 1 unspecified atom stereocenters. The molecule has 3 aliphatic rings. The molecule has 1 spiro atoms. The maximum absolute atomic E-state index is 12.7. The number of aryl methyl sites for hydroxylation is 1. The molecule has 0 radical (unpaired) electrons. The summed E-state index contributed by atoms with van der Waals surface area (Å²) in [4.78, 5) is 18.9. The second kappa shape index (κ2) is 8.27. The number of piperidine rings is 1. The van der Waals surface area contributed by atoms with E-state index in [2.05, 4.69) is 4.98 Å². The zero-order valence-corrected chi connectivity index (χ0v) is 16.5. The molecule has 5 heteroatoms. The van der Waals surface area contributed by atoms with Crippen LogP contribution >= 0.6 is 0 Å². The van der Waals surface area contributed by atoms with Crippen LogP contribution in [0.15, 0.2) is 18.3 Å². The van der Waals surface area contributed by atoms with Crippen molar-refractivity contribution < 1.29 is 14.3 Å². The first-order chi connectivity index (χ1) is 13.1. The Hall–Kier alpha value is -1.46. The van der Waals surface area contributed by atoms with Crippen LogP contribution in [0.3, 0.4) is 0 Å². The zero-order valence-electron chi connectivity index (χ0n) is 16.5. The summed E-state index contributed by atoms with van der Waals surface area (Å²) >= 11 is 0. The van der Waals surface area contributed by atoms with E-state index in [4.69, 9.17) is 9.47 Å². The number of carbonyl (C=O) groups is 1. The molecule has 4 rings (SSSR count). The van der Waals surface area contributed by atoms with Gasteiger partial charge in [-0.3, -0.25) is 9.78 Å². The van der Waals surface area contributed by atoms with Crippen LogP contribution < -0.4 is 0 Å². The van der Waals surface area contributed by atoms with E-state index >= 15 is 0 Å². The molecule has 0 bridgehead atoms. The molecule has 5 nitrogen and oxygen atoms in total. The lowest BCUT2D eigenvalue weighted by molar-refractivity contribution is -0.126. The molecular weight excluding hydrogens is 340 g/mol. The Labute approximate surface area is 162 Å². The van der Waals surface area contributed by atoms with Crippen molar-refractivity contribution in [1.82, 2.24) is 9.88 Å². The number of carbonyl (C=O) groups excluding carboxylic acids is 1. The number of ether oxygens (including phenoxy) is 2. The number of aromatic nitrogens is 1. The lowest BCUT2D eigenvalue weighted by atomic mass is 9.78. The molecule has 3 fully saturated rings. The van der Waals surface area contributed by atoms with Gasteiger partial charge in [0.1, 0.15) is 0 Å². The molecule has 2 saturated heterocycles. The molecule has 27 heavy (non-hydrogen) atoms. The van der Waals surface area contributed by atoms with Crippen molar-refractivity contribution in [2.75, 3.05) is 32.9 Å². The minimum absolute atomic E-state index is 0.0261. The maximum Gasteiger partial charge on any atom is 0.255 e. The number of hydrogen-bond donors (Lipinski definition) is 0. The van der Waals surface area contributed by atoms with Gasteiger partial charge in [-0.1, -0.05) is 0 Å². The van der Waals surface area contributed by atoms with Crippen LogP contribution in [0.2, 0.25) is 0 Å². The molecule has 2 aliphatic heterocycles. The largest absolute Gasteiger partial charge is 0.381 e. The van der Waals surface area contributed by atoms with Gasteiger partial charge in [0.2, 0.25) is 0 Å². The average molecular weight is 373 g/mol. The molecule has 148 valence electrons. The van der Waals surface area contributed by atoms with Crippen molar-refractivity contribution >= 4 is 5.91 Å². The fourth-order valence-electron chi connectivity index (χ4n) is 4.40. The van der Waals surface area contributed by atoms with Gasteiger partial charge < -0.3 is 14.4 Å². The molecule has 1 amide bonds. The van der Waals surface area contributed by atoms with Gasteiger partial charge in [-0.25, -0.2) is 0 Å². The Balaban J connectivity index is 1.25. The van der Waals surface area contributed by atoms with Gasteiger partial charge in [-0.2, -0.15) is 0 Å². The van der Waals surface area contributed by atoms with Gasteiger partial charge in [0.05, 0.1) is 11.2 Å². The first-order valence-electron chi connectivity index (χ1n) is 10.6. The lowest BCUT2D eigenvalue weighted by Gasteiger charge is -2.46. The molecule has 1 aromatic rings. The first kappa shape index (κ1) is 18.9. The van der Waals surface area contributed by atoms with E-state index in [1.807, 2.05) is 24.0 Å². The molecule has 1 aromatic heterocycles. The third-order valence-corrected chi connectivity index (χ3v) is 6.44. The quantitative estimate of drug-likeness (QED) is 0.716. The van der Waals surface area contributed by atoms with E-state index in [0.717, 1.165) is 76.6 Å². The van der Waals surface area contributed by atoms with Gasteiger partial charge >= 0.3 is 0 Å². The van der Waals surface area contributed by atoms with Crippen LogP contribution in [0.25, 0.3) is 0 Å². The number of amides is 1. The summed E-state index contributed by atoms with van der Waals surface area (Å²) < 4.78 is 12.1. The highest BCUT2D eigenvalue weighted by molar-refractivity contribution is 5.94. The fourth-order valence-corrected chi connectivity index (χ4v) is 4.40. The van der Waals surface area contributed by atoms with Gasteiger partial charge in [-0.05, 0) is 75.8 Å². The Bertz CT molecular complexity index is 633. The Kier molecular flexibility index (Phi) is 5.79. The van der Waals surface area contributed by atoms with E-state index in [1.165, 1.54) is 12.8 Å². The summed E-state index contributed by atoms with van der Waals surface area (Å²) in [5, 5.41) is 0. The van der Waals surface area contributed by atoms with Crippen molar-refractivity contribution in [3.63, 3.8) is 0 Å². The normalized spacial score (nSPS) is 24.9. The molecule has 1 saturated carbocycles. The van der Waals surface area contributed by atoms with Crippen molar-refractivity contribution in [3.05, 3.63) is 29.6 Å². The van der Waals surface area contributed by atoms with Crippen LogP contribution in [0, 0.1) is 18.8 Å². The zero-order chi connectivity index (χ0) is 18.7. The summed E-state index contributed by atoms with van der Waals surface area (Å²) in [6.45, 7) is 6.19. The fraction of sp³-hybridized carbons (Fsp3) is 0.727. The third-order valence-electron chi connectivity index (χ3n) is 6.44. The SMILES string of the molecule is Cc1ccc(C(=O)N2CCC3(CC2)CC(CCOCC2CC2)CCO3)cn1. The monoisotopic (exact) mass is 372 g/mol. The number of likely N-dealkylation sites (tertiary alicyclic amines) is 1. The number of rotatable bonds is 6. The standard InChI is InChI=1S/C22H32N2O3/c1-17-2-5-20(15-23-17)21(25)24-10-8-22(9-11-24)14-18(7-13-27-22)6-12-26-16-19-3-4-19/h2,5,15,18-19H,3-4,6-14,16H2,1H3. The van der Waals surface area contributed by atoms with Crippen LogP contribution in [0.4, 0.5) is 0 Å². The second-order valence-corrected chi connectivity index (χ2v) is 8.68. The molecule has 1 atom stereocenters. The minimum Gasteiger partial charge on any atom is -0.381 e. The Morgan fingerprint density at radius 2 is 2.07 bits per heavy atom. The van der Waals surface area contributed by atoms with Crippen LogP contribution in [0.5, 0.6) is 0 Å². The van der Waals surface area contributed by atoms with Gasteiger partial charge in [0.15, 0.2) is 0 Å². The van der Waals surface area contributed by atoms with Crippen molar-refractivity contribution in [2.24, 2.45) is 11.8 Å². The van der Waals surface area contributed by atoms with E-state index in [1.54, 1.807) is 6.20 Å². The third kappa shape index (κ3) is 4.88. The number of nitrogens with zero attached hydrogens (tertiary/aromatic N) is 2. The van der Waals surface area contributed by atoms with Crippen LogP contribution in [-0.2, 0) is 9.47 Å². The summed E-state index contributed by atoms with van der Waals surface area (Å²) in [7, 11) is 0. The number of pyridine rings is 1. The molecule has 1 aliphatic carbocycles.